The van der Waals surface area contributed by atoms with Gasteiger partial charge in [-0.05, 0) is 90.2 Å². The third kappa shape index (κ3) is 5.02. The molecule has 0 saturated carbocycles. The fourth-order valence-electron chi connectivity index (χ4n) is 2.97. The topological polar surface area (TPSA) is 29.5 Å². The van der Waals surface area contributed by atoms with Crippen LogP contribution in [-0.4, -0.2) is 10.7 Å². The van der Waals surface area contributed by atoms with Crippen molar-refractivity contribution in [3.8, 4) is 11.5 Å². The molecule has 2 rings (SSSR count). The number of rotatable bonds is 6. The van der Waals surface area contributed by atoms with Crippen molar-refractivity contribution >= 4 is 6.08 Å². The first kappa shape index (κ1) is 18.4. The summed E-state index contributed by atoms with van der Waals surface area (Å²) in [5.41, 5.74) is 4.30. The summed E-state index contributed by atoms with van der Waals surface area (Å²) < 4.78 is 6.19. The summed E-state index contributed by atoms with van der Waals surface area (Å²) in [5.74, 6) is 1.07. The lowest BCUT2D eigenvalue weighted by molar-refractivity contribution is 0.128. The maximum atomic E-state index is 10.0. The zero-order chi connectivity index (χ0) is 17.7. The maximum Gasteiger partial charge on any atom is 0.131 e. The first-order valence-electron chi connectivity index (χ1n) is 8.80. The van der Waals surface area contributed by atoms with Gasteiger partial charge in [0, 0.05) is 0 Å². The minimum atomic E-state index is -0.316. The van der Waals surface area contributed by atoms with E-state index in [0.717, 1.165) is 42.6 Å². The molecule has 1 atom stereocenters. The summed E-state index contributed by atoms with van der Waals surface area (Å²) in [6.07, 6.45) is 12.8. The van der Waals surface area contributed by atoms with Gasteiger partial charge >= 0.3 is 0 Å². The van der Waals surface area contributed by atoms with Crippen molar-refractivity contribution in [1.82, 2.24) is 0 Å². The number of phenolic OH excluding ortho intramolecular Hbond substituents is 1. The Morgan fingerprint density at radius 3 is 2.62 bits per heavy atom. The van der Waals surface area contributed by atoms with Crippen molar-refractivity contribution < 1.29 is 9.84 Å². The molecule has 1 aliphatic heterocycles. The third-order valence-corrected chi connectivity index (χ3v) is 4.44. The van der Waals surface area contributed by atoms with Gasteiger partial charge in [0.2, 0.25) is 0 Å². The van der Waals surface area contributed by atoms with Crippen molar-refractivity contribution in [2.45, 2.75) is 65.9 Å². The molecule has 0 aliphatic carbocycles. The van der Waals surface area contributed by atoms with Crippen molar-refractivity contribution in [2.75, 3.05) is 0 Å². The number of ether oxygens (including phenoxy) is 1. The van der Waals surface area contributed by atoms with E-state index >= 15 is 0 Å². The summed E-state index contributed by atoms with van der Waals surface area (Å²) in [5, 5.41) is 10.0. The molecule has 0 unspecified atom stereocenters. The average molecular weight is 326 g/mol. The lowest BCUT2D eigenvalue weighted by Crippen LogP contribution is -2.31. The molecular weight excluding hydrogens is 296 g/mol. The second-order valence-electron chi connectivity index (χ2n) is 7.35. The lowest BCUT2D eigenvalue weighted by atomic mass is 9.93. The van der Waals surface area contributed by atoms with Crippen molar-refractivity contribution in [3.63, 3.8) is 0 Å². The SMILES string of the molecule is CC(C)=CCCC(C)=CCC[C@@]1(C)C=Cc2c(O)cc(C)cc2O1. The zero-order valence-electron chi connectivity index (χ0n) is 15.6. The fraction of sp³-hybridized carbons (Fsp3) is 0.455. The Kier molecular flexibility index (Phi) is 5.93. The van der Waals surface area contributed by atoms with E-state index in [2.05, 4.69) is 45.9 Å². The Balaban J connectivity index is 1.95. The molecule has 0 bridgehead atoms. The normalized spacial score (nSPS) is 19.6. The monoisotopic (exact) mass is 326 g/mol. The Labute approximate surface area is 146 Å². The highest BCUT2D eigenvalue weighted by atomic mass is 16.5. The lowest BCUT2D eigenvalue weighted by Gasteiger charge is -2.32. The van der Waals surface area contributed by atoms with Crippen LogP contribution in [0.2, 0.25) is 0 Å². The molecule has 1 aromatic carbocycles. The van der Waals surface area contributed by atoms with E-state index in [4.69, 9.17) is 4.74 Å². The van der Waals surface area contributed by atoms with Crippen LogP contribution in [0.25, 0.3) is 6.08 Å². The van der Waals surface area contributed by atoms with E-state index in [1.807, 2.05) is 19.1 Å². The Morgan fingerprint density at radius 1 is 1.17 bits per heavy atom. The number of allylic oxidation sites excluding steroid dienone is 4. The maximum absolute atomic E-state index is 10.0. The molecule has 1 aromatic rings. The van der Waals surface area contributed by atoms with Crippen molar-refractivity contribution in [3.05, 3.63) is 52.6 Å². The largest absolute Gasteiger partial charge is 0.507 e. The molecule has 130 valence electrons. The zero-order valence-corrected chi connectivity index (χ0v) is 15.6. The van der Waals surface area contributed by atoms with Crippen LogP contribution in [0.4, 0.5) is 0 Å². The fourth-order valence-corrected chi connectivity index (χ4v) is 2.97. The summed E-state index contributed by atoms with van der Waals surface area (Å²) in [6, 6.07) is 3.77. The minimum absolute atomic E-state index is 0.290. The smallest absolute Gasteiger partial charge is 0.131 e. The second kappa shape index (κ2) is 7.74. The van der Waals surface area contributed by atoms with Gasteiger partial charge in [-0.1, -0.05) is 23.3 Å². The van der Waals surface area contributed by atoms with Gasteiger partial charge in [0.25, 0.3) is 0 Å². The molecule has 24 heavy (non-hydrogen) atoms. The van der Waals surface area contributed by atoms with E-state index in [0.29, 0.717) is 5.75 Å². The van der Waals surface area contributed by atoms with Crippen LogP contribution in [0.5, 0.6) is 11.5 Å². The number of fused-ring (bicyclic) bond motifs is 1. The van der Waals surface area contributed by atoms with Gasteiger partial charge in [0.1, 0.15) is 17.1 Å². The number of benzene rings is 1. The van der Waals surface area contributed by atoms with E-state index in [1.54, 1.807) is 6.07 Å². The van der Waals surface area contributed by atoms with Gasteiger partial charge < -0.3 is 9.84 Å². The van der Waals surface area contributed by atoms with Crippen molar-refractivity contribution in [2.24, 2.45) is 0 Å². The first-order valence-corrected chi connectivity index (χ1v) is 8.80. The molecule has 0 fully saturated rings. The molecule has 1 heterocycles. The first-order chi connectivity index (χ1) is 11.3. The predicted molar refractivity (Wildman–Crippen MR) is 103 cm³/mol. The van der Waals surface area contributed by atoms with Crippen LogP contribution in [-0.2, 0) is 0 Å². The van der Waals surface area contributed by atoms with Crippen LogP contribution in [0, 0.1) is 6.92 Å². The van der Waals surface area contributed by atoms with E-state index < -0.39 is 0 Å². The van der Waals surface area contributed by atoms with Gasteiger partial charge in [0.05, 0.1) is 5.56 Å². The standard InChI is InChI=1S/C22H30O2/c1-16(2)8-6-9-17(3)10-7-12-22(5)13-11-19-20(23)14-18(4)15-21(19)24-22/h8,10-11,13-15,23H,6-7,9,12H2,1-5H3/t22-/m0/s1. The van der Waals surface area contributed by atoms with E-state index in [-0.39, 0.29) is 5.60 Å². The molecule has 2 heteroatoms. The molecule has 1 aliphatic rings. The van der Waals surface area contributed by atoms with Crippen LogP contribution >= 0.6 is 0 Å². The van der Waals surface area contributed by atoms with Crippen LogP contribution in [0.15, 0.2) is 41.5 Å². The molecular formula is C22H30O2. The number of phenols is 1. The number of aromatic hydroxyl groups is 1. The molecule has 0 amide bonds. The highest BCUT2D eigenvalue weighted by Gasteiger charge is 2.27. The molecule has 1 N–H and O–H groups in total. The molecule has 0 spiro atoms. The van der Waals surface area contributed by atoms with E-state index in [9.17, 15) is 5.11 Å². The molecule has 0 aromatic heterocycles. The minimum Gasteiger partial charge on any atom is -0.507 e. The summed E-state index contributed by atoms with van der Waals surface area (Å²) in [7, 11) is 0. The van der Waals surface area contributed by atoms with Gasteiger partial charge in [-0.25, -0.2) is 0 Å². The van der Waals surface area contributed by atoms with Gasteiger partial charge in [0.15, 0.2) is 0 Å². The van der Waals surface area contributed by atoms with Gasteiger partial charge in [-0.2, -0.15) is 0 Å². The average Bonchev–Trinajstić information content (AvgIpc) is 2.45. The quantitative estimate of drug-likeness (QED) is 0.618. The van der Waals surface area contributed by atoms with Gasteiger partial charge in [-0.3, -0.25) is 0 Å². The molecule has 2 nitrogen and oxygen atoms in total. The van der Waals surface area contributed by atoms with Gasteiger partial charge in [-0.15, -0.1) is 0 Å². The van der Waals surface area contributed by atoms with Crippen LogP contribution in [0.3, 0.4) is 0 Å². The highest BCUT2D eigenvalue weighted by molar-refractivity contribution is 5.67. The van der Waals surface area contributed by atoms with Crippen molar-refractivity contribution in [1.29, 1.82) is 0 Å². The van der Waals surface area contributed by atoms with Crippen LogP contribution in [0.1, 0.15) is 64.5 Å². The molecule has 0 radical (unpaired) electrons. The number of hydrogen-bond acceptors (Lipinski definition) is 2. The second-order valence-corrected chi connectivity index (χ2v) is 7.35. The third-order valence-electron chi connectivity index (χ3n) is 4.44. The molecule has 0 saturated heterocycles. The summed E-state index contributed by atoms with van der Waals surface area (Å²) in [6.45, 7) is 10.6. The highest BCUT2D eigenvalue weighted by Crippen LogP contribution is 2.38. The number of aryl methyl sites for hydroxylation is 1. The Morgan fingerprint density at radius 2 is 1.92 bits per heavy atom. The summed E-state index contributed by atoms with van der Waals surface area (Å²) >= 11 is 0. The Bertz CT molecular complexity index is 675. The van der Waals surface area contributed by atoms with Crippen LogP contribution < -0.4 is 4.74 Å². The summed E-state index contributed by atoms with van der Waals surface area (Å²) in [4.78, 5) is 0. The van der Waals surface area contributed by atoms with E-state index in [1.165, 1.54) is 11.1 Å². The number of hydrogen-bond donors (Lipinski definition) is 1. The Hall–Kier alpha value is -1.96. The predicted octanol–water partition coefficient (Wildman–Crippen LogP) is 6.34.